The zero-order chi connectivity index (χ0) is 32.8. The molecule has 0 radical (unpaired) electrons. The highest BCUT2D eigenvalue weighted by Gasteiger charge is 2.24. The molecule has 0 amide bonds. The number of nitrogens with zero attached hydrogens (tertiary/aromatic N) is 2. The smallest absolute Gasteiger partial charge is 0.0548 e. The van der Waals surface area contributed by atoms with E-state index in [0.29, 0.717) is 0 Å². The molecule has 232 valence electrons. The van der Waals surface area contributed by atoms with Crippen LogP contribution in [0, 0.1) is 0 Å². The van der Waals surface area contributed by atoms with Gasteiger partial charge < -0.3 is 9.47 Å². The van der Waals surface area contributed by atoms with Crippen LogP contribution in [0.1, 0.15) is 0 Å². The minimum absolute atomic E-state index is 1.13. The highest BCUT2D eigenvalue weighted by molar-refractivity contribution is 6.38. The Morgan fingerprint density at radius 1 is 0.300 bits per heavy atom. The van der Waals surface area contributed by atoms with Crippen molar-refractivity contribution in [1.82, 2.24) is 4.57 Å². The van der Waals surface area contributed by atoms with Crippen LogP contribution in [-0.4, -0.2) is 4.57 Å². The van der Waals surface area contributed by atoms with Gasteiger partial charge in [0.15, 0.2) is 0 Å². The summed E-state index contributed by atoms with van der Waals surface area (Å²) in [7, 11) is 0. The average Bonchev–Trinajstić information content (AvgIpc) is 3.46. The number of hydrogen-bond acceptors (Lipinski definition) is 1. The van der Waals surface area contributed by atoms with Crippen molar-refractivity contribution in [3.8, 4) is 27.9 Å². The van der Waals surface area contributed by atoms with Gasteiger partial charge in [0, 0.05) is 38.9 Å². The molecule has 10 aromatic rings. The highest BCUT2D eigenvalue weighted by atomic mass is 15.1. The number of fused-ring (bicyclic) bond motifs is 1. The predicted molar refractivity (Wildman–Crippen MR) is 212 cm³/mol. The van der Waals surface area contributed by atoms with Gasteiger partial charge in [0.25, 0.3) is 0 Å². The second-order valence-electron chi connectivity index (χ2n) is 13.3. The standard InChI is InChI=1S/C48H30N2/c1-3-11-36(12-4-1)49(37-13-5-2-6-14-37)38-25-19-31(20-26-38)32-21-27-39(28-22-32)50-42-29-23-34-10-8-16-41-40-15-7-9-33-17-18-35-24-30-43(50)48(46(35)44(33)40)47(42)45(34)41/h1-30H. The molecule has 1 aliphatic carbocycles. The maximum absolute atomic E-state index is 2.47. The van der Waals surface area contributed by atoms with E-state index in [0.717, 1.165) is 17.1 Å². The van der Waals surface area contributed by atoms with Crippen molar-refractivity contribution in [1.29, 1.82) is 0 Å². The van der Waals surface area contributed by atoms with Crippen molar-refractivity contribution in [3.05, 3.63) is 182 Å². The topological polar surface area (TPSA) is 8.17 Å². The number of hydrogen-bond donors (Lipinski definition) is 0. The van der Waals surface area contributed by atoms with Crippen LogP contribution in [-0.2, 0) is 0 Å². The van der Waals surface area contributed by atoms with E-state index in [4.69, 9.17) is 0 Å². The first kappa shape index (κ1) is 27.3. The molecule has 0 saturated carbocycles. The first-order chi connectivity index (χ1) is 24.8. The van der Waals surface area contributed by atoms with E-state index in [9.17, 15) is 0 Å². The van der Waals surface area contributed by atoms with Gasteiger partial charge in [-0.25, -0.2) is 0 Å². The quantitative estimate of drug-likeness (QED) is 0.171. The maximum Gasteiger partial charge on any atom is 0.0548 e. The number of anilines is 3. The Hall–Kier alpha value is -6.64. The molecule has 9 aromatic carbocycles. The molecular weight excluding hydrogens is 605 g/mol. The lowest BCUT2D eigenvalue weighted by Gasteiger charge is -2.25. The number of benzene rings is 9. The van der Waals surface area contributed by atoms with Crippen molar-refractivity contribution in [2.75, 3.05) is 4.90 Å². The van der Waals surface area contributed by atoms with Gasteiger partial charge in [0.1, 0.15) is 0 Å². The van der Waals surface area contributed by atoms with Crippen LogP contribution in [0.15, 0.2) is 182 Å². The Kier molecular flexibility index (Phi) is 5.70. The lowest BCUT2D eigenvalue weighted by atomic mass is 9.93. The summed E-state index contributed by atoms with van der Waals surface area (Å²) < 4.78 is 2.47. The summed E-state index contributed by atoms with van der Waals surface area (Å²) in [5.41, 5.74) is 12.1. The van der Waals surface area contributed by atoms with E-state index < -0.39 is 0 Å². The highest BCUT2D eigenvalue weighted by Crippen LogP contribution is 2.49. The first-order valence-corrected chi connectivity index (χ1v) is 17.3. The van der Waals surface area contributed by atoms with Gasteiger partial charge >= 0.3 is 0 Å². The first-order valence-electron chi connectivity index (χ1n) is 17.3. The van der Waals surface area contributed by atoms with Gasteiger partial charge in [-0.05, 0) is 110 Å². The fraction of sp³-hybridized carbons (Fsp3) is 0. The monoisotopic (exact) mass is 634 g/mol. The molecule has 0 saturated heterocycles. The molecule has 0 unspecified atom stereocenters. The van der Waals surface area contributed by atoms with E-state index >= 15 is 0 Å². The van der Waals surface area contributed by atoms with E-state index in [1.165, 1.54) is 82.1 Å². The number of aromatic nitrogens is 1. The van der Waals surface area contributed by atoms with Crippen molar-refractivity contribution in [2.24, 2.45) is 0 Å². The average molecular weight is 635 g/mol. The second-order valence-corrected chi connectivity index (χ2v) is 13.3. The molecule has 0 fully saturated rings. The van der Waals surface area contributed by atoms with E-state index in [1.807, 2.05) is 0 Å². The minimum atomic E-state index is 1.13. The van der Waals surface area contributed by atoms with Crippen molar-refractivity contribution >= 4 is 71.2 Å². The fourth-order valence-corrected chi connectivity index (χ4v) is 8.49. The summed E-state index contributed by atoms with van der Waals surface area (Å²) in [5.74, 6) is 0. The minimum Gasteiger partial charge on any atom is -0.311 e. The fourth-order valence-electron chi connectivity index (χ4n) is 8.49. The zero-order valence-corrected chi connectivity index (χ0v) is 27.2. The second kappa shape index (κ2) is 10.4. The van der Waals surface area contributed by atoms with Crippen LogP contribution < -0.4 is 4.90 Å². The van der Waals surface area contributed by atoms with Crippen LogP contribution in [0.3, 0.4) is 0 Å². The lowest BCUT2D eigenvalue weighted by Crippen LogP contribution is -2.09. The molecule has 11 rings (SSSR count). The Labute approximate surface area is 289 Å². The molecule has 2 heteroatoms. The van der Waals surface area contributed by atoms with Crippen LogP contribution in [0.25, 0.3) is 82.1 Å². The summed E-state index contributed by atoms with van der Waals surface area (Å²) >= 11 is 0. The normalized spacial score (nSPS) is 12.0. The molecule has 1 aliphatic rings. The Bertz CT molecular complexity index is 2900. The van der Waals surface area contributed by atoms with Crippen molar-refractivity contribution < 1.29 is 0 Å². The largest absolute Gasteiger partial charge is 0.311 e. The van der Waals surface area contributed by atoms with E-state index in [-0.39, 0.29) is 0 Å². The Morgan fingerprint density at radius 3 is 1.30 bits per heavy atom. The summed E-state index contributed by atoms with van der Waals surface area (Å²) in [4.78, 5) is 2.30. The van der Waals surface area contributed by atoms with Gasteiger partial charge in [-0.2, -0.15) is 0 Å². The molecule has 1 heterocycles. The third kappa shape index (κ3) is 3.85. The van der Waals surface area contributed by atoms with Crippen LogP contribution in [0.2, 0.25) is 0 Å². The Balaban J connectivity index is 1.06. The molecule has 2 nitrogen and oxygen atoms in total. The van der Waals surface area contributed by atoms with Gasteiger partial charge in [-0.1, -0.05) is 121 Å². The SMILES string of the molecule is c1ccc(N(c2ccccc2)c2ccc(-c3ccc(-n4c5ccc6cccc7c6c5c5c6c(ccc8cccc-7c86)ccc54)cc3)cc2)cc1. The van der Waals surface area contributed by atoms with E-state index in [1.54, 1.807) is 0 Å². The van der Waals surface area contributed by atoms with Crippen LogP contribution in [0.5, 0.6) is 0 Å². The predicted octanol–water partition coefficient (Wildman–Crippen LogP) is 13.4. The zero-order valence-electron chi connectivity index (χ0n) is 27.2. The lowest BCUT2D eigenvalue weighted by molar-refractivity contribution is 1.18. The maximum atomic E-state index is 2.47. The third-order valence-corrected chi connectivity index (χ3v) is 10.7. The molecule has 50 heavy (non-hydrogen) atoms. The van der Waals surface area contributed by atoms with Gasteiger partial charge in [0.2, 0.25) is 0 Å². The summed E-state index contributed by atoms with van der Waals surface area (Å²) in [6, 6.07) is 66.5. The third-order valence-electron chi connectivity index (χ3n) is 10.7. The van der Waals surface area contributed by atoms with Gasteiger partial charge in [-0.15, -0.1) is 0 Å². The van der Waals surface area contributed by atoms with Crippen LogP contribution >= 0.6 is 0 Å². The molecule has 0 bridgehead atoms. The summed E-state index contributed by atoms with van der Waals surface area (Å²) in [6.45, 7) is 0. The molecule has 1 aromatic heterocycles. The van der Waals surface area contributed by atoms with Crippen LogP contribution in [0.4, 0.5) is 17.1 Å². The summed E-state index contributed by atoms with van der Waals surface area (Å²) in [6.07, 6.45) is 0. The van der Waals surface area contributed by atoms with Crippen molar-refractivity contribution in [2.45, 2.75) is 0 Å². The number of para-hydroxylation sites is 2. The van der Waals surface area contributed by atoms with Gasteiger partial charge in [0.05, 0.1) is 11.0 Å². The van der Waals surface area contributed by atoms with Gasteiger partial charge in [-0.3, -0.25) is 0 Å². The molecule has 0 spiro atoms. The molecule has 0 aliphatic heterocycles. The molecule has 0 N–H and O–H groups in total. The van der Waals surface area contributed by atoms with Crippen molar-refractivity contribution in [3.63, 3.8) is 0 Å². The molecule has 0 atom stereocenters. The summed E-state index contributed by atoms with van der Waals surface area (Å²) in [5, 5.41) is 10.6. The number of rotatable bonds is 5. The Morgan fingerprint density at radius 2 is 0.740 bits per heavy atom. The van der Waals surface area contributed by atoms with E-state index in [2.05, 4.69) is 191 Å². The molecular formula is C48H30N2.